The predicted molar refractivity (Wildman–Crippen MR) is 79.9 cm³/mol. The smallest absolute Gasteiger partial charge is 0.352 e. The average molecular weight is 308 g/mol. The Bertz CT molecular complexity index is 542. The number of carboxylic acid groups (broad SMARTS) is 1. The molecule has 0 aliphatic carbocycles. The maximum absolute atomic E-state index is 12.2. The van der Waals surface area contributed by atoms with Gasteiger partial charge in [-0.25, -0.2) is 4.79 Å². The SMILES string of the molecule is C[C@H]1CCN(CC2=C(C(=O)O)N3C(=O)C([C@@H](C)O)C3[C@H]2C)C1. The number of hydrogen-bond acceptors (Lipinski definition) is 4. The van der Waals surface area contributed by atoms with E-state index in [1.54, 1.807) is 6.92 Å². The van der Waals surface area contributed by atoms with Crippen LogP contribution in [0.15, 0.2) is 11.3 Å². The summed E-state index contributed by atoms with van der Waals surface area (Å²) < 4.78 is 0. The Morgan fingerprint density at radius 1 is 1.41 bits per heavy atom. The molecule has 1 amide bonds. The van der Waals surface area contributed by atoms with Crippen LogP contribution < -0.4 is 0 Å². The first-order valence-electron chi connectivity index (χ1n) is 8.02. The maximum Gasteiger partial charge on any atom is 0.352 e. The first-order chi connectivity index (χ1) is 10.3. The highest BCUT2D eigenvalue weighted by atomic mass is 16.4. The fourth-order valence-electron chi connectivity index (χ4n) is 4.26. The van der Waals surface area contributed by atoms with Crippen LogP contribution in [0.25, 0.3) is 0 Å². The summed E-state index contributed by atoms with van der Waals surface area (Å²) in [4.78, 5) is 27.6. The Labute approximate surface area is 130 Å². The summed E-state index contributed by atoms with van der Waals surface area (Å²) in [7, 11) is 0. The van der Waals surface area contributed by atoms with E-state index in [2.05, 4.69) is 11.8 Å². The van der Waals surface area contributed by atoms with E-state index in [-0.39, 0.29) is 23.6 Å². The highest BCUT2D eigenvalue weighted by molar-refractivity contribution is 6.00. The van der Waals surface area contributed by atoms with E-state index in [0.29, 0.717) is 12.5 Å². The van der Waals surface area contributed by atoms with Crippen molar-refractivity contribution in [1.29, 1.82) is 0 Å². The van der Waals surface area contributed by atoms with Crippen molar-refractivity contribution in [1.82, 2.24) is 9.80 Å². The van der Waals surface area contributed by atoms with Crippen molar-refractivity contribution in [3.05, 3.63) is 11.3 Å². The second-order valence-electron chi connectivity index (χ2n) is 7.06. The molecule has 3 aliphatic heterocycles. The van der Waals surface area contributed by atoms with E-state index in [9.17, 15) is 19.8 Å². The number of aliphatic hydroxyl groups is 1. The largest absolute Gasteiger partial charge is 0.477 e. The van der Waals surface area contributed by atoms with Gasteiger partial charge in [0, 0.05) is 19.0 Å². The highest BCUT2D eigenvalue weighted by Crippen LogP contribution is 2.47. The van der Waals surface area contributed by atoms with Gasteiger partial charge >= 0.3 is 5.97 Å². The minimum atomic E-state index is -1.03. The summed E-state index contributed by atoms with van der Waals surface area (Å²) in [5.41, 5.74) is 0.988. The molecule has 122 valence electrons. The van der Waals surface area contributed by atoms with E-state index >= 15 is 0 Å². The van der Waals surface area contributed by atoms with Crippen molar-refractivity contribution in [3.63, 3.8) is 0 Å². The van der Waals surface area contributed by atoms with Crippen molar-refractivity contribution in [2.45, 2.75) is 39.3 Å². The number of carbonyl (C=O) groups excluding carboxylic acids is 1. The van der Waals surface area contributed by atoms with Crippen molar-refractivity contribution in [2.75, 3.05) is 19.6 Å². The zero-order chi connectivity index (χ0) is 16.2. The lowest BCUT2D eigenvalue weighted by molar-refractivity contribution is -0.163. The van der Waals surface area contributed by atoms with Crippen LogP contribution in [-0.4, -0.2) is 63.7 Å². The van der Waals surface area contributed by atoms with Crippen molar-refractivity contribution in [2.24, 2.45) is 17.8 Å². The van der Waals surface area contributed by atoms with Gasteiger partial charge in [-0.15, -0.1) is 0 Å². The first-order valence-corrected chi connectivity index (χ1v) is 8.02. The van der Waals surface area contributed by atoms with E-state index in [1.165, 1.54) is 4.90 Å². The van der Waals surface area contributed by atoms with E-state index in [0.717, 1.165) is 25.1 Å². The molecule has 2 fully saturated rings. The van der Waals surface area contributed by atoms with Gasteiger partial charge in [-0.2, -0.15) is 0 Å². The number of carboxylic acids is 1. The molecule has 0 saturated carbocycles. The molecule has 2 unspecified atom stereocenters. The third-order valence-corrected chi connectivity index (χ3v) is 5.42. The van der Waals surface area contributed by atoms with Gasteiger partial charge in [0.15, 0.2) is 0 Å². The minimum Gasteiger partial charge on any atom is -0.477 e. The van der Waals surface area contributed by atoms with Crippen LogP contribution in [0.3, 0.4) is 0 Å². The van der Waals surface area contributed by atoms with Crippen molar-refractivity contribution < 1.29 is 19.8 Å². The number of aliphatic carboxylic acids is 1. The van der Waals surface area contributed by atoms with Gasteiger partial charge in [-0.3, -0.25) is 9.69 Å². The van der Waals surface area contributed by atoms with Gasteiger partial charge in [0.25, 0.3) is 0 Å². The molecule has 3 aliphatic rings. The first kappa shape index (κ1) is 15.5. The molecule has 2 N–H and O–H groups in total. The second-order valence-corrected chi connectivity index (χ2v) is 7.06. The van der Waals surface area contributed by atoms with Gasteiger partial charge in [-0.05, 0) is 31.4 Å². The molecule has 6 heteroatoms. The number of amides is 1. The standard InChI is InChI=1S/C16H24N2O4/c1-8-4-5-17(6-8)7-11-9(2)13-12(10(3)19)15(20)18(13)14(11)16(21)22/h8-10,12-13,19H,4-7H2,1-3H3,(H,21,22)/t8-,9-,10+,12?,13?/m0/s1. The van der Waals surface area contributed by atoms with Gasteiger partial charge in [-0.1, -0.05) is 13.8 Å². The van der Waals surface area contributed by atoms with Gasteiger partial charge in [0.2, 0.25) is 5.91 Å². The Balaban J connectivity index is 1.87. The van der Waals surface area contributed by atoms with Crippen LogP contribution in [0, 0.1) is 17.8 Å². The molecule has 0 aromatic carbocycles. The van der Waals surface area contributed by atoms with Crippen molar-refractivity contribution in [3.8, 4) is 0 Å². The number of aliphatic hydroxyl groups excluding tert-OH is 1. The fourth-order valence-corrected chi connectivity index (χ4v) is 4.26. The molecular weight excluding hydrogens is 284 g/mol. The van der Waals surface area contributed by atoms with E-state index < -0.39 is 18.0 Å². The number of β-lactam (4-membered cyclic amide) rings is 1. The number of fused-ring (bicyclic) bond motifs is 1. The lowest BCUT2D eigenvalue weighted by Crippen LogP contribution is -2.63. The van der Waals surface area contributed by atoms with Crippen LogP contribution in [-0.2, 0) is 9.59 Å². The zero-order valence-electron chi connectivity index (χ0n) is 13.3. The molecule has 3 rings (SSSR count). The number of carbonyl (C=O) groups is 2. The molecule has 0 bridgehead atoms. The number of rotatable bonds is 4. The lowest BCUT2D eigenvalue weighted by Gasteiger charge is -2.46. The lowest BCUT2D eigenvalue weighted by atomic mass is 9.77. The Hall–Kier alpha value is -1.40. The molecule has 2 saturated heterocycles. The fraction of sp³-hybridized carbons (Fsp3) is 0.750. The summed E-state index contributed by atoms with van der Waals surface area (Å²) in [6.07, 6.45) is 0.393. The van der Waals surface area contributed by atoms with Crippen LogP contribution in [0.1, 0.15) is 27.2 Å². The predicted octanol–water partition coefficient (Wildman–Crippen LogP) is 0.524. The summed E-state index contributed by atoms with van der Waals surface area (Å²) in [6, 6.07) is -0.200. The van der Waals surface area contributed by atoms with Gasteiger partial charge in [0.1, 0.15) is 5.70 Å². The molecule has 22 heavy (non-hydrogen) atoms. The molecule has 0 aromatic heterocycles. The molecule has 5 atom stereocenters. The van der Waals surface area contributed by atoms with Crippen LogP contribution in [0.2, 0.25) is 0 Å². The zero-order valence-corrected chi connectivity index (χ0v) is 13.3. The monoisotopic (exact) mass is 308 g/mol. The third-order valence-electron chi connectivity index (χ3n) is 5.42. The van der Waals surface area contributed by atoms with Crippen LogP contribution >= 0.6 is 0 Å². The van der Waals surface area contributed by atoms with E-state index in [1.807, 2.05) is 6.92 Å². The topological polar surface area (TPSA) is 81.1 Å². The normalized spacial score (nSPS) is 36.5. The average Bonchev–Trinajstić information content (AvgIpc) is 2.92. The van der Waals surface area contributed by atoms with Crippen LogP contribution in [0.5, 0.6) is 0 Å². The van der Waals surface area contributed by atoms with E-state index in [4.69, 9.17) is 0 Å². The Kier molecular flexibility index (Phi) is 3.77. The summed E-state index contributed by atoms with van der Waals surface area (Å²) in [5, 5.41) is 19.4. The maximum atomic E-state index is 12.2. The molecule has 0 aromatic rings. The Morgan fingerprint density at radius 2 is 2.09 bits per heavy atom. The van der Waals surface area contributed by atoms with Gasteiger partial charge in [0.05, 0.1) is 18.1 Å². The minimum absolute atomic E-state index is 0.0145. The number of nitrogens with zero attached hydrogens (tertiary/aromatic N) is 2. The summed E-state index contributed by atoms with van der Waals surface area (Å²) >= 11 is 0. The second kappa shape index (κ2) is 5.35. The molecular formula is C16H24N2O4. The van der Waals surface area contributed by atoms with Gasteiger partial charge < -0.3 is 15.1 Å². The molecule has 6 nitrogen and oxygen atoms in total. The summed E-state index contributed by atoms with van der Waals surface area (Å²) in [5.74, 6) is -1.14. The highest BCUT2D eigenvalue weighted by Gasteiger charge is 2.59. The third kappa shape index (κ3) is 2.16. The van der Waals surface area contributed by atoms with Crippen LogP contribution in [0.4, 0.5) is 0 Å². The quantitative estimate of drug-likeness (QED) is 0.740. The summed E-state index contributed by atoms with van der Waals surface area (Å²) in [6.45, 7) is 8.34. The number of hydrogen-bond donors (Lipinski definition) is 2. The molecule has 3 heterocycles. The Morgan fingerprint density at radius 3 is 2.59 bits per heavy atom. The molecule has 0 radical (unpaired) electrons. The van der Waals surface area contributed by atoms with Crippen molar-refractivity contribution >= 4 is 11.9 Å². The number of likely N-dealkylation sites (tertiary alicyclic amines) is 1. The molecule has 0 spiro atoms.